The Labute approximate surface area is 95.3 Å². The fourth-order valence-corrected chi connectivity index (χ4v) is 1.73. The van der Waals surface area contributed by atoms with Crippen molar-refractivity contribution in [3.63, 3.8) is 0 Å². The van der Waals surface area contributed by atoms with Gasteiger partial charge in [-0.2, -0.15) is 9.97 Å². The Morgan fingerprint density at radius 3 is 2.94 bits per heavy atom. The molecular formula is C9H7ClN6. The minimum absolute atomic E-state index is 0.180. The predicted octanol–water partition coefficient (Wildman–Crippen LogP) is 1.50. The van der Waals surface area contributed by atoms with Gasteiger partial charge in [-0.05, 0) is 18.5 Å². The molecule has 0 spiro atoms. The lowest BCUT2D eigenvalue weighted by molar-refractivity contribution is 0.932. The molecular weight excluding hydrogens is 228 g/mol. The van der Waals surface area contributed by atoms with E-state index in [4.69, 9.17) is 11.6 Å². The van der Waals surface area contributed by atoms with Gasteiger partial charge in [-0.25, -0.2) is 9.97 Å². The first kappa shape index (κ1) is 9.29. The van der Waals surface area contributed by atoms with Gasteiger partial charge in [-0.1, -0.05) is 0 Å². The number of nitrogens with one attached hydrogen (secondary N) is 1. The monoisotopic (exact) mass is 234 g/mol. The van der Waals surface area contributed by atoms with Crippen molar-refractivity contribution in [3.8, 4) is 5.82 Å². The third-order valence-electron chi connectivity index (χ3n) is 2.29. The Bertz CT molecular complexity index is 655. The van der Waals surface area contributed by atoms with Crippen molar-refractivity contribution in [2.75, 3.05) is 0 Å². The summed E-state index contributed by atoms with van der Waals surface area (Å²) >= 11 is 5.85. The maximum Gasteiger partial charge on any atom is 0.226 e. The van der Waals surface area contributed by atoms with Crippen LogP contribution in [0.5, 0.6) is 0 Å². The van der Waals surface area contributed by atoms with Crippen molar-refractivity contribution in [1.29, 1.82) is 0 Å². The molecule has 0 aliphatic heterocycles. The molecule has 0 aliphatic rings. The summed E-state index contributed by atoms with van der Waals surface area (Å²) in [5, 5.41) is 0.180. The van der Waals surface area contributed by atoms with Crippen molar-refractivity contribution < 1.29 is 0 Å². The van der Waals surface area contributed by atoms with Gasteiger partial charge in [0.05, 0.1) is 6.33 Å². The zero-order valence-electron chi connectivity index (χ0n) is 8.35. The highest BCUT2D eigenvalue weighted by atomic mass is 35.5. The predicted molar refractivity (Wildman–Crippen MR) is 58.6 cm³/mol. The molecule has 0 saturated heterocycles. The van der Waals surface area contributed by atoms with Crippen LogP contribution in [0.15, 0.2) is 18.7 Å². The summed E-state index contributed by atoms with van der Waals surface area (Å²) in [5.41, 5.74) is 1.29. The van der Waals surface area contributed by atoms with E-state index >= 15 is 0 Å². The van der Waals surface area contributed by atoms with E-state index < -0.39 is 0 Å². The number of H-pyrrole nitrogens is 1. The second-order valence-electron chi connectivity index (χ2n) is 3.26. The Morgan fingerprint density at radius 2 is 2.19 bits per heavy atom. The number of rotatable bonds is 1. The quantitative estimate of drug-likeness (QED) is 0.648. The largest absolute Gasteiger partial charge is 0.329 e. The number of hydrogen-bond acceptors (Lipinski definition) is 4. The number of aryl methyl sites for hydroxylation is 1. The van der Waals surface area contributed by atoms with Crippen molar-refractivity contribution in [1.82, 2.24) is 29.5 Å². The fraction of sp³-hybridized carbons (Fsp3) is 0.111. The van der Waals surface area contributed by atoms with Gasteiger partial charge >= 0.3 is 0 Å². The number of aromatic amines is 1. The van der Waals surface area contributed by atoms with Crippen LogP contribution in [0.25, 0.3) is 17.0 Å². The molecule has 0 amide bonds. The van der Waals surface area contributed by atoms with Gasteiger partial charge in [0.25, 0.3) is 0 Å². The lowest BCUT2D eigenvalue weighted by Crippen LogP contribution is -2.01. The van der Waals surface area contributed by atoms with E-state index in [2.05, 4.69) is 24.9 Å². The van der Waals surface area contributed by atoms with Crippen LogP contribution in [-0.4, -0.2) is 29.5 Å². The number of nitrogens with zero attached hydrogens (tertiary/aromatic N) is 5. The first-order valence-corrected chi connectivity index (χ1v) is 5.00. The number of halogens is 1. The fourth-order valence-electron chi connectivity index (χ4n) is 1.56. The van der Waals surface area contributed by atoms with Gasteiger partial charge in [-0.15, -0.1) is 0 Å². The van der Waals surface area contributed by atoms with Crippen LogP contribution < -0.4 is 0 Å². The van der Waals surface area contributed by atoms with Gasteiger partial charge in [-0.3, -0.25) is 4.57 Å². The van der Waals surface area contributed by atoms with Crippen LogP contribution in [-0.2, 0) is 0 Å². The number of fused-ring (bicyclic) bond motifs is 1. The maximum atomic E-state index is 5.85. The molecule has 0 aliphatic carbocycles. The van der Waals surface area contributed by atoms with E-state index in [0.29, 0.717) is 17.0 Å². The topological polar surface area (TPSA) is 72.3 Å². The summed E-state index contributed by atoms with van der Waals surface area (Å²) in [7, 11) is 0. The van der Waals surface area contributed by atoms with Gasteiger partial charge in [0.2, 0.25) is 5.28 Å². The summed E-state index contributed by atoms with van der Waals surface area (Å²) in [5.74, 6) is 1.45. The smallest absolute Gasteiger partial charge is 0.226 e. The molecule has 0 aromatic carbocycles. The van der Waals surface area contributed by atoms with Gasteiger partial charge in [0.15, 0.2) is 17.0 Å². The molecule has 80 valence electrons. The Balaban J connectivity index is 2.38. The zero-order valence-corrected chi connectivity index (χ0v) is 9.10. The normalized spacial score (nSPS) is 11.1. The molecule has 6 nitrogen and oxygen atoms in total. The van der Waals surface area contributed by atoms with Crippen LogP contribution >= 0.6 is 11.6 Å². The van der Waals surface area contributed by atoms with Crippen molar-refractivity contribution in [3.05, 3.63) is 29.8 Å². The molecule has 7 heteroatoms. The lowest BCUT2D eigenvalue weighted by Gasteiger charge is -2.04. The molecule has 3 aromatic heterocycles. The van der Waals surface area contributed by atoms with Gasteiger partial charge in [0, 0.05) is 12.4 Å². The summed E-state index contributed by atoms with van der Waals surface area (Å²) in [6.07, 6.45) is 5.07. The second kappa shape index (κ2) is 3.28. The SMILES string of the molecule is Cc1nccn1-c1nc(Cl)nc2[nH]cnc12. The van der Waals surface area contributed by atoms with Crippen LogP contribution in [0, 0.1) is 6.92 Å². The van der Waals surface area contributed by atoms with Crippen molar-refractivity contribution in [2.24, 2.45) is 0 Å². The Morgan fingerprint density at radius 1 is 1.31 bits per heavy atom. The summed E-state index contributed by atoms with van der Waals surface area (Å²) in [4.78, 5) is 19.4. The number of aromatic nitrogens is 6. The Kier molecular flexibility index (Phi) is 1.90. The summed E-state index contributed by atoms with van der Waals surface area (Å²) in [6, 6.07) is 0. The molecule has 3 rings (SSSR count). The molecule has 3 aromatic rings. The molecule has 1 N–H and O–H groups in total. The van der Waals surface area contributed by atoms with Crippen molar-refractivity contribution in [2.45, 2.75) is 6.92 Å². The first-order valence-electron chi connectivity index (χ1n) is 4.62. The van der Waals surface area contributed by atoms with Crippen LogP contribution in [0.2, 0.25) is 5.28 Å². The highest BCUT2D eigenvalue weighted by Crippen LogP contribution is 2.18. The van der Waals surface area contributed by atoms with E-state index in [1.54, 1.807) is 12.5 Å². The minimum Gasteiger partial charge on any atom is -0.329 e. The average Bonchev–Trinajstić information content (AvgIpc) is 2.84. The first-order chi connectivity index (χ1) is 7.75. The third kappa shape index (κ3) is 1.27. The van der Waals surface area contributed by atoms with E-state index in [-0.39, 0.29) is 5.28 Å². The third-order valence-corrected chi connectivity index (χ3v) is 2.46. The molecule has 0 fully saturated rings. The van der Waals surface area contributed by atoms with Gasteiger partial charge in [0.1, 0.15) is 5.82 Å². The summed E-state index contributed by atoms with van der Waals surface area (Å²) in [6.45, 7) is 1.88. The van der Waals surface area contributed by atoms with Crippen molar-refractivity contribution >= 4 is 22.8 Å². The molecule has 0 radical (unpaired) electrons. The maximum absolute atomic E-state index is 5.85. The molecule has 0 unspecified atom stereocenters. The molecule has 0 saturated carbocycles. The molecule has 0 bridgehead atoms. The van der Waals surface area contributed by atoms with Crippen LogP contribution in [0.4, 0.5) is 0 Å². The number of imidazole rings is 2. The minimum atomic E-state index is 0.180. The molecule has 3 heterocycles. The summed E-state index contributed by atoms with van der Waals surface area (Å²) < 4.78 is 1.82. The highest BCUT2D eigenvalue weighted by Gasteiger charge is 2.12. The number of hydrogen-bond donors (Lipinski definition) is 1. The highest BCUT2D eigenvalue weighted by molar-refractivity contribution is 6.28. The molecule has 16 heavy (non-hydrogen) atoms. The second-order valence-corrected chi connectivity index (χ2v) is 3.60. The Hall–Kier alpha value is -1.95. The molecule has 0 atom stereocenters. The van der Waals surface area contributed by atoms with Crippen LogP contribution in [0.1, 0.15) is 5.82 Å². The van der Waals surface area contributed by atoms with E-state index in [0.717, 1.165) is 5.82 Å². The van der Waals surface area contributed by atoms with E-state index in [9.17, 15) is 0 Å². The standard InChI is InChI=1S/C9H7ClN6/c1-5-11-2-3-16(5)8-6-7(13-4-12-6)14-9(10)15-8/h2-4H,1H3,(H,12,13,14,15). The van der Waals surface area contributed by atoms with Crippen LogP contribution in [0.3, 0.4) is 0 Å². The lowest BCUT2D eigenvalue weighted by atomic mass is 10.5. The average molecular weight is 235 g/mol. The van der Waals surface area contributed by atoms with Gasteiger partial charge < -0.3 is 4.98 Å². The van der Waals surface area contributed by atoms with E-state index in [1.807, 2.05) is 17.7 Å². The zero-order chi connectivity index (χ0) is 11.1. The van der Waals surface area contributed by atoms with E-state index in [1.165, 1.54) is 0 Å².